The number of amides is 1. The molecule has 2 aliphatic carbocycles. The standard InChI is InChI=1S/C20H27N3O/c1-2-22-9-11-23(12-10-22)18-7-5-17(6-8-18)21-20(24)19-14-15-3-4-16(19)13-15/h3-8,15-16,19H,2,9-14H2,1H3,(H,21,24). The summed E-state index contributed by atoms with van der Waals surface area (Å²) in [7, 11) is 0. The van der Waals surface area contributed by atoms with Crippen molar-refractivity contribution in [2.75, 3.05) is 42.9 Å². The summed E-state index contributed by atoms with van der Waals surface area (Å²) < 4.78 is 0. The molecular formula is C20H27N3O. The summed E-state index contributed by atoms with van der Waals surface area (Å²) in [6, 6.07) is 8.36. The third-order valence-corrected chi connectivity index (χ3v) is 5.94. The first kappa shape index (κ1) is 15.7. The highest BCUT2D eigenvalue weighted by Gasteiger charge is 2.39. The van der Waals surface area contributed by atoms with E-state index >= 15 is 0 Å². The van der Waals surface area contributed by atoms with Crippen molar-refractivity contribution in [1.29, 1.82) is 0 Å². The number of allylic oxidation sites excluding steroid dienone is 2. The molecule has 0 radical (unpaired) electrons. The van der Waals surface area contributed by atoms with Gasteiger partial charge in [-0.15, -0.1) is 0 Å². The van der Waals surface area contributed by atoms with Crippen molar-refractivity contribution in [3.63, 3.8) is 0 Å². The van der Waals surface area contributed by atoms with Gasteiger partial charge in [-0.1, -0.05) is 19.1 Å². The van der Waals surface area contributed by atoms with Crippen LogP contribution in [-0.4, -0.2) is 43.5 Å². The van der Waals surface area contributed by atoms with Gasteiger partial charge in [0.25, 0.3) is 0 Å². The van der Waals surface area contributed by atoms with Gasteiger partial charge < -0.3 is 15.1 Å². The van der Waals surface area contributed by atoms with Crippen LogP contribution in [0.1, 0.15) is 19.8 Å². The molecule has 2 fully saturated rings. The molecule has 3 atom stereocenters. The van der Waals surface area contributed by atoms with Crippen LogP contribution in [0.15, 0.2) is 36.4 Å². The van der Waals surface area contributed by atoms with Gasteiger partial charge in [-0.2, -0.15) is 0 Å². The first-order valence-corrected chi connectivity index (χ1v) is 9.29. The molecule has 1 aliphatic heterocycles. The number of nitrogens with zero attached hydrogens (tertiary/aromatic N) is 2. The minimum absolute atomic E-state index is 0.168. The number of likely N-dealkylation sites (N-methyl/N-ethyl adjacent to an activating group) is 1. The summed E-state index contributed by atoms with van der Waals surface area (Å²) in [6.45, 7) is 7.78. The number of piperazine rings is 1. The van der Waals surface area contributed by atoms with Crippen LogP contribution in [0.3, 0.4) is 0 Å². The predicted molar refractivity (Wildman–Crippen MR) is 98.2 cm³/mol. The Morgan fingerprint density at radius 1 is 1.08 bits per heavy atom. The second kappa shape index (κ2) is 6.60. The largest absolute Gasteiger partial charge is 0.369 e. The zero-order valence-corrected chi connectivity index (χ0v) is 14.4. The molecule has 4 rings (SSSR count). The lowest BCUT2D eigenvalue weighted by molar-refractivity contribution is -0.120. The van der Waals surface area contributed by atoms with Crippen molar-refractivity contribution < 1.29 is 4.79 Å². The molecule has 1 saturated heterocycles. The number of hydrogen-bond donors (Lipinski definition) is 1. The van der Waals surface area contributed by atoms with Gasteiger partial charge >= 0.3 is 0 Å². The van der Waals surface area contributed by atoms with Crippen LogP contribution in [0, 0.1) is 17.8 Å². The highest BCUT2D eigenvalue weighted by atomic mass is 16.1. The minimum atomic E-state index is 0.168. The molecule has 1 aromatic carbocycles. The van der Waals surface area contributed by atoms with Gasteiger partial charge in [0, 0.05) is 43.5 Å². The van der Waals surface area contributed by atoms with Crippen LogP contribution in [0.5, 0.6) is 0 Å². The van der Waals surface area contributed by atoms with Gasteiger partial charge in [0.15, 0.2) is 0 Å². The summed E-state index contributed by atoms with van der Waals surface area (Å²) in [4.78, 5) is 17.4. The predicted octanol–water partition coefficient (Wildman–Crippen LogP) is 2.98. The molecular weight excluding hydrogens is 298 g/mol. The zero-order chi connectivity index (χ0) is 16.5. The fraction of sp³-hybridized carbons (Fsp3) is 0.550. The molecule has 0 aromatic heterocycles. The Hall–Kier alpha value is -1.81. The Bertz CT molecular complexity index is 616. The fourth-order valence-corrected chi connectivity index (χ4v) is 4.40. The lowest BCUT2D eigenvalue weighted by atomic mass is 9.93. The lowest BCUT2D eigenvalue weighted by Gasteiger charge is -2.35. The molecule has 4 nitrogen and oxygen atoms in total. The van der Waals surface area contributed by atoms with Crippen molar-refractivity contribution in [2.24, 2.45) is 17.8 Å². The second-order valence-corrected chi connectivity index (χ2v) is 7.34. The van der Waals surface area contributed by atoms with Gasteiger partial charge in [-0.3, -0.25) is 4.79 Å². The summed E-state index contributed by atoms with van der Waals surface area (Å²) >= 11 is 0. The summed E-state index contributed by atoms with van der Waals surface area (Å²) in [5.74, 6) is 1.46. The third-order valence-electron chi connectivity index (χ3n) is 5.94. The first-order valence-electron chi connectivity index (χ1n) is 9.29. The SMILES string of the molecule is CCN1CCN(c2ccc(NC(=O)C3CC4C=CC3C4)cc2)CC1. The highest BCUT2D eigenvalue weighted by molar-refractivity contribution is 5.93. The number of nitrogens with one attached hydrogen (secondary N) is 1. The van der Waals surface area contributed by atoms with Gasteiger partial charge in [0.2, 0.25) is 5.91 Å². The number of carbonyl (C=O) groups is 1. The molecule has 0 spiro atoms. The van der Waals surface area contributed by atoms with E-state index < -0.39 is 0 Å². The smallest absolute Gasteiger partial charge is 0.228 e. The topological polar surface area (TPSA) is 35.6 Å². The Morgan fingerprint density at radius 3 is 2.42 bits per heavy atom. The molecule has 24 heavy (non-hydrogen) atoms. The van der Waals surface area contributed by atoms with Gasteiger partial charge in [-0.25, -0.2) is 0 Å². The molecule has 1 aromatic rings. The molecule has 128 valence electrons. The quantitative estimate of drug-likeness (QED) is 0.865. The lowest BCUT2D eigenvalue weighted by Crippen LogP contribution is -2.46. The Morgan fingerprint density at radius 2 is 1.83 bits per heavy atom. The average molecular weight is 325 g/mol. The molecule has 1 N–H and O–H groups in total. The van der Waals surface area contributed by atoms with Gasteiger partial charge in [0.1, 0.15) is 0 Å². The Kier molecular flexibility index (Phi) is 4.31. The van der Waals surface area contributed by atoms with E-state index in [4.69, 9.17) is 0 Å². The maximum Gasteiger partial charge on any atom is 0.228 e. The fourth-order valence-electron chi connectivity index (χ4n) is 4.40. The molecule has 2 bridgehead atoms. The van der Waals surface area contributed by atoms with Crippen LogP contribution in [0.4, 0.5) is 11.4 Å². The van der Waals surface area contributed by atoms with Crippen molar-refractivity contribution in [2.45, 2.75) is 19.8 Å². The second-order valence-electron chi connectivity index (χ2n) is 7.34. The first-order chi connectivity index (χ1) is 11.7. The maximum absolute atomic E-state index is 12.5. The number of fused-ring (bicyclic) bond motifs is 2. The monoisotopic (exact) mass is 325 g/mol. The normalized spacial score (nSPS) is 29.2. The van der Waals surface area contributed by atoms with Crippen LogP contribution in [0.2, 0.25) is 0 Å². The number of anilines is 2. The van der Waals surface area contributed by atoms with Crippen molar-refractivity contribution in [3.8, 4) is 0 Å². The average Bonchev–Trinajstić information content (AvgIpc) is 3.26. The van der Waals surface area contributed by atoms with Crippen molar-refractivity contribution >= 4 is 17.3 Å². The third kappa shape index (κ3) is 3.07. The maximum atomic E-state index is 12.5. The molecule has 4 heteroatoms. The van der Waals surface area contributed by atoms with E-state index in [9.17, 15) is 4.79 Å². The molecule has 1 saturated carbocycles. The van der Waals surface area contributed by atoms with Crippen LogP contribution in [0.25, 0.3) is 0 Å². The summed E-state index contributed by atoms with van der Waals surface area (Å²) in [5.41, 5.74) is 2.18. The summed E-state index contributed by atoms with van der Waals surface area (Å²) in [5, 5.41) is 3.12. The van der Waals surface area contributed by atoms with E-state index in [2.05, 4.69) is 46.3 Å². The number of hydrogen-bond acceptors (Lipinski definition) is 3. The van der Waals surface area contributed by atoms with E-state index in [1.807, 2.05) is 12.1 Å². The minimum Gasteiger partial charge on any atom is -0.369 e. The highest BCUT2D eigenvalue weighted by Crippen LogP contribution is 2.43. The van der Waals surface area contributed by atoms with Gasteiger partial charge in [0.05, 0.1) is 0 Å². The summed E-state index contributed by atoms with van der Waals surface area (Å²) in [6.07, 6.45) is 6.70. The van der Waals surface area contributed by atoms with Crippen molar-refractivity contribution in [3.05, 3.63) is 36.4 Å². The van der Waals surface area contributed by atoms with Crippen molar-refractivity contribution in [1.82, 2.24) is 4.90 Å². The molecule has 1 heterocycles. The van der Waals surface area contributed by atoms with Crippen LogP contribution in [-0.2, 0) is 4.79 Å². The van der Waals surface area contributed by atoms with Crippen LogP contribution < -0.4 is 10.2 Å². The van der Waals surface area contributed by atoms with Gasteiger partial charge in [-0.05, 0) is 55.5 Å². The van der Waals surface area contributed by atoms with E-state index in [1.165, 1.54) is 12.1 Å². The van der Waals surface area contributed by atoms with E-state index in [0.717, 1.165) is 44.8 Å². The number of benzene rings is 1. The van der Waals surface area contributed by atoms with E-state index in [-0.39, 0.29) is 11.8 Å². The molecule has 1 amide bonds. The number of rotatable bonds is 4. The molecule has 3 aliphatic rings. The Labute approximate surface area is 144 Å². The zero-order valence-electron chi connectivity index (χ0n) is 14.4. The van der Waals surface area contributed by atoms with E-state index in [1.54, 1.807) is 0 Å². The molecule has 3 unspecified atom stereocenters. The number of carbonyl (C=O) groups excluding carboxylic acids is 1. The van der Waals surface area contributed by atoms with E-state index in [0.29, 0.717) is 11.8 Å². The Balaban J connectivity index is 1.34. The van der Waals surface area contributed by atoms with Crippen LogP contribution >= 0.6 is 0 Å².